The van der Waals surface area contributed by atoms with Crippen molar-refractivity contribution >= 4 is 11.9 Å². The first-order valence-corrected chi connectivity index (χ1v) is 10.5. The zero-order valence-electron chi connectivity index (χ0n) is 17.5. The first-order chi connectivity index (χ1) is 14.2. The van der Waals surface area contributed by atoms with Gasteiger partial charge in [0.1, 0.15) is 18.0 Å². The first kappa shape index (κ1) is 20.6. The van der Waals surface area contributed by atoms with E-state index in [0.717, 1.165) is 30.4 Å². The average molecular weight is 417 g/mol. The van der Waals surface area contributed by atoms with Crippen LogP contribution in [0.2, 0.25) is 0 Å². The summed E-state index contributed by atoms with van der Waals surface area (Å²) in [7, 11) is 0. The lowest BCUT2D eigenvalue weighted by Crippen LogP contribution is -2.48. The maximum absolute atomic E-state index is 11.5. The van der Waals surface area contributed by atoms with Crippen LogP contribution in [0.15, 0.2) is 18.2 Å². The minimum Gasteiger partial charge on any atom is -0.463 e. The third kappa shape index (κ3) is 3.75. The summed E-state index contributed by atoms with van der Waals surface area (Å²) < 4.78 is 10.7. The predicted molar refractivity (Wildman–Crippen MR) is 105 cm³/mol. The smallest absolute Gasteiger partial charge is 0.308 e. The van der Waals surface area contributed by atoms with Gasteiger partial charge >= 0.3 is 11.9 Å². The molecule has 1 aromatic rings. The highest BCUT2D eigenvalue weighted by molar-refractivity contribution is 5.69. The lowest BCUT2D eigenvalue weighted by Gasteiger charge is -2.51. The van der Waals surface area contributed by atoms with Crippen molar-refractivity contribution in [1.82, 2.24) is 0 Å². The van der Waals surface area contributed by atoms with E-state index in [4.69, 9.17) is 14.3 Å². The minimum absolute atomic E-state index is 0.111. The van der Waals surface area contributed by atoms with E-state index >= 15 is 0 Å². The van der Waals surface area contributed by atoms with Crippen LogP contribution in [0.1, 0.15) is 63.5 Å². The molecule has 4 rings (SSSR count). The van der Waals surface area contributed by atoms with E-state index in [9.17, 15) is 19.7 Å². The summed E-state index contributed by atoms with van der Waals surface area (Å²) in [5.41, 5.74) is 1.91. The molecule has 3 aliphatic carbocycles. The Morgan fingerprint density at radius 1 is 1.20 bits per heavy atom. The fraction of sp³-hybridized carbons (Fsp3) is 0.636. The maximum atomic E-state index is 11.5. The topological polar surface area (TPSA) is 105 Å². The summed E-state index contributed by atoms with van der Waals surface area (Å²) >= 11 is 0. The molecule has 0 saturated heterocycles. The van der Waals surface area contributed by atoms with Gasteiger partial charge in [-0.3, -0.25) is 9.59 Å². The molecule has 6 atom stereocenters. The van der Waals surface area contributed by atoms with E-state index in [2.05, 4.69) is 6.92 Å². The molecule has 30 heavy (non-hydrogen) atoms. The van der Waals surface area contributed by atoms with Crippen LogP contribution in [0.5, 0.6) is 5.75 Å². The van der Waals surface area contributed by atoms with Gasteiger partial charge in [-0.1, -0.05) is 13.0 Å². The Kier molecular flexibility index (Phi) is 5.20. The number of esters is 2. The summed E-state index contributed by atoms with van der Waals surface area (Å²) in [6.07, 6.45) is 3.00. The summed E-state index contributed by atoms with van der Waals surface area (Å²) in [6.45, 7) is 4.92. The number of carbonyl (C=O) groups excluding carboxylic acids is 2. The molecule has 0 N–H and O–H groups in total. The number of ether oxygens (including phenoxy) is 2. The summed E-state index contributed by atoms with van der Waals surface area (Å²) in [4.78, 5) is 39.3. The Labute approximate surface area is 175 Å². The summed E-state index contributed by atoms with van der Waals surface area (Å²) in [5.74, 6) is 0.224. The molecule has 8 nitrogen and oxygen atoms in total. The standard InChI is InChI=1S/C22H27NO7/c1-12(24)28-15-5-7-17-14(8-15)4-6-18-19-9-16(29-13(2)25)10-22(19,3)11-20(21(17)18)30-23(26)27/h5,7-8,16,18-21H,4,6,9-11H2,1-3H3/t16-,18-,19-,20-,21+,22-/m0/s1. The second-order valence-corrected chi connectivity index (χ2v) is 9.19. The fourth-order valence-corrected chi connectivity index (χ4v) is 6.39. The molecule has 8 heteroatoms. The molecule has 0 bridgehead atoms. The largest absolute Gasteiger partial charge is 0.463 e. The number of nitrogens with zero attached hydrogens (tertiary/aromatic N) is 1. The van der Waals surface area contributed by atoms with Crippen LogP contribution >= 0.6 is 0 Å². The van der Waals surface area contributed by atoms with E-state index < -0.39 is 11.2 Å². The SMILES string of the molecule is CC(=O)Oc1ccc2c(c1)CC[C@@H]1[C@@H]2[C@@H](O[N+](=O)[O-])C[C@]2(C)C[C@@H](OC(C)=O)C[C@@H]12. The number of hydrogen-bond acceptors (Lipinski definition) is 7. The molecular formula is C22H27NO7. The monoisotopic (exact) mass is 417 g/mol. The molecule has 2 saturated carbocycles. The van der Waals surface area contributed by atoms with E-state index in [1.165, 1.54) is 13.8 Å². The number of fused-ring (bicyclic) bond motifs is 5. The highest BCUT2D eigenvalue weighted by Crippen LogP contribution is 2.62. The highest BCUT2D eigenvalue weighted by atomic mass is 17.0. The van der Waals surface area contributed by atoms with Gasteiger partial charge < -0.3 is 14.3 Å². The van der Waals surface area contributed by atoms with Crippen molar-refractivity contribution in [1.29, 1.82) is 0 Å². The second-order valence-electron chi connectivity index (χ2n) is 9.19. The van der Waals surface area contributed by atoms with Gasteiger partial charge in [-0.05, 0) is 72.6 Å². The van der Waals surface area contributed by atoms with Crippen molar-refractivity contribution < 1.29 is 29.0 Å². The summed E-state index contributed by atoms with van der Waals surface area (Å²) in [5, 5.41) is 10.6. The number of benzene rings is 1. The lowest BCUT2D eigenvalue weighted by atomic mass is 9.55. The Hall–Kier alpha value is -2.64. The Morgan fingerprint density at radius 2 is 1.97 bits per heavy atom. The van der Waals surface area contributed by atoms with Gasteiger partial charge in [-0.2, -0.15) is 0 Å². The minimum atomic E-state index is -0.689. The first-order valence-electron chi connectivity index (χ1n) is 10.5. The molecular weight excluding hydrogens is 390 g/mol. The van der Waals surface area contributed by atoms with E-state index in [0.29, 0.717) is 24.5 Å². The van der Waals surface area contributed by atoms with Crippen LogP contribution in [-0.4, -0.2) is 29.2 Å². The van der Waals surface area contributed by atoms with Crippen LogP contribution in [-0.2, 0) is 25.6 Å². The fourth-order valence-electron chi connectivity index (χ4n) is 6.39. The van der Waals surface area contributed by atoms with Crippen molar-refractivity contribution in [2.75, 3.05) is 0 Å². The van der Waals surface area contributed by atoms with Gasteiger partial charge in [-0.25, -0.2) is 0 Å². The quantitative estimate of drug-likeness (QED) is 0.319. The van der Waals surface area contributed by atoms with Crippen molar-refractivity contribution in [2.45, 2.75) is 71.0 Å². The van der Waals surface area contributed by atoms with Crippen LogP contribution in [0.3, 0.4) is 0 Å². The van der Waals surface area contributed by atoms with Crippen molar-refractivity contribution in [3.8, 4) is 5.75 Å². The zero-order valence-corrected chi connectivity index (χ0v) is 17.5. The lowest BCUT2D eigenvalue weighted by molar-refractivity contribution is -0.771. The van der Waals surface area contributed by atoms with E-state index in [1.54, 1.807) is 6.07 Å². The molecule has 0 heterocycles. The highest BCUT2D eigenvalue weighted by Gasteiger charge is 2.58. The Balaban J connectivity index is 1.68. The molecule has 0 spiro atoms. The van der Waals surface area contributed by atoms with Gasteiger partial charge in [0.05, 0.1) is 0 Å². The number of aryl methyl sites for hydroxylation is 1. The van der Waals surface area contributed by atoms with E-state index in [1.807, 2.05) is 12.1 Å². The van der Waals surface area contributed by atoms with Crippen LogP contribution in [0.25, 0.3) is 0 Å². The Morgan fingerprint density at radius 3 is 2.63 bits per heavy atom. The molecule has 3 aliphatic rings. The van der Waals surface area contributed by atoms with Gasteiger partial charge in [0.15, 0.2) is 0 Å². The van der Waals surface area contributed by atoms with Gasteiger partial charge in [0, 0.05) is 19.8 Å². The Bertz CT molecular complexity index is 884. The number of carbonyl (C=O) groups is 2. The van der Waals surface area contributed by atoms with Gasteiger partial charge in [0.25, 0.3) is 5.09 Å². The third-order valence-corrected chi connectivity index (χ3v) is 7.19. The normalized spacial score (nSPS) is 34.2. The molecule has 0 aromatic heterocycles. The summed E-state index contributed by atoms with van der Waals surface area (Å²) in [6, 6.07) is 5.53. The van der Waals surface area contributed by atoms with Crippen LogP contribution in [0.4, 0.5) is 0 Å². The predicted octanol–water partition coefficient (Wildman–Crippen LogP) is 3.59. The molecule has 0 aliphatic heterocycles. The second kappa shape index (κ2) is 7.56. The average Bonchev–Trinajstić information content (AvgIpc) is 2.95. The van der Waals surface area contributed by atoms with Crippen LogP contribution in [0, 0.1) is 27.4 Å². The van der Waals surface area contributed by atoms with Crippen molar-refractivity contribution in [2.24, 2.45) is 17.3 Å². The maximum Gasteiger partial charge on any atom is 0.308 e. The third-order valence-electron chi connectivity index (χ3n) is 7.19. The molecule has 162 valence electrons. The number of hydrogen-bond donors (Lipinski definition) is 0. The zero-order chi connectivity index (χ0) is 21.6. The van der Waals surface area contributed by atoms with Crippen molar-refractivity contribution in [3.05, 3.63) is 39.4 Å². The molecule has 1 aromatic carbocycles. The molecule has 0 unspecified atom stereocenters. The van der Waals surface area contributed by atoms with Crippen LogP contribution < -0.4 is 4.74 Å². The van der Waals surface area contributed by atoms with Gasteiger partial charge in [0.2, 0.25) is 0 Å². The molecule has 0 radical (unpaired) electrons. The molecule has 2 fully saturated rings. The van der Waals surface area contributed by atoms with Crippen molar-refractivity contribution in [3.63, 3.8) is 0 Å². The number of rotatable bonds is 4. The molecule has 0 amide bonds. The van der Waals surface area contributed by atoms with E-state index in [-0.39, 0.29) is 35.3 Å². The van der Waals surface area contributed by atoms with Gasteiger partial charge in [-0.15, -0.1) is 10.1 Å².